The molecule has 3 aromatic carbocycles. The van der Waals surface area contributed by atoms with Gasteiger partial charge in [-0.15, -0.1) is 26.3 Å². The van der Waals surface area contributed by atoms with Crippen molar-refractivity contribution in [3.63, 3.8) is 0 Å². The zero-order valence-electron chi connectivity index (χ0n) is 22.8. The summed E-state index contributed by atoms with van der Waals surface area (Å²) in [5.74, 6) is 0. The minimum absolute atomic E-state index is 0. The molecule has 0 aliphatic carbocycles. The summed E-state index contributed by atoms with van der Waals surface area (Å²) >= 11 is 0. The molecule has 9 heteroatoms. The van der Waals surface area contributed by atoms with Gasteiger partial charge in [0.25, 0.3) is 0 Å². The third-order valence-electron chi connectivity index (χ3n) is 3.82. The van der Waals surface area contributed by atoms with Gasteiger partial charge in [-0.1, -0.05) is 115 Å². The SMILES string of the molecule is C=C.C=C.CP(C)c1ccccc1.CP(C)c1ccccc1.CP(C)c1ccccc1.F[B-](F)(F)F.[Ir]. The van der Waals surface area contributed by atoms with Crippen LogP contribution in [-0.2, 0) is 20.1 Å². The second-order valence-corrected chi connectivity index (χ2v) is 14.1. The van der Waals surface area contributed by atoms with Crippen LogP contribution in [-0.4, -0.2) is 47.2 Å². The number of rotatable bonds is 3. The van der Waals surface area contributed by atoms with Crippen LogP contribution in [0.15, 0.2) is 117 Å². The summed E-state index contributed by atoms with van der Waals surface area (Å²) in [7, 11) is -5.69. The number of hydrogen-bond donors (Lipinski definition) is 0. The second kappa shape index (κ2) is 27.9. The first-order valence-electron chi connectivity index (χ1n) is 11.0. The Morgan fingerprint density at radius 1 is 0.432 bits per heavy atom. The average Bonchev–Trinajstić information content (AvgIpc) is 2.88. The van der Waals surface area contributed by atoms with E-state index in [0.717, 1.165) is 0 Å². The maximum absolute atomic E-state index is 9.75. The molecule has 3 aromatic rings. The van der Waals surface area contributed by atoms with Crippen molar-refractivity contribution in [2.45, 2.75) is 0 Å². The van der Waals surface area contributed by atoms with E-state index in [1.807, 2.05) is 0 Å². The summed E-state index contributed by atoms with van der Waals surface area (Å²) in [6.45, 7) is 25.6. The molecule has 0 heterocycles. The normalized spacial score (nSPS) is 9.22. The Balaban J connectivity index is -0.000000189. The Hall–Kier alpha value is -1.14. The topological polar surface area (TPSA) is 0 Å². The summed E-state index contributed by atoms with van der Waals surface area (Å²) in [5, 5.41) is 4.44. The molecule has 0 amide bonds. The minimum Gasteiger partial charge on any atom is -0.418 e. The molecule has 0 fully saturated rings. The molecule has 0 spiro atoms. The summed E-state index contributed by atoms with van der Waals surface area (Å²) in [4.78, 5) is 0. The van der Waals surface area contributed by atoms with Crippen LogP contribution in [0.1, 0.15) is 0 Å². The van der Waals surface area contributed by atoms with Crippen LogP contribution in [0.5, 0.6) is 0 Å². The molecular formula is C28H41BF4IrP3-. The van der Waals surface area contributed by atoms with Crippen LogP contribution in [0, 0.1) is 0 Å². The molecule has 0 N–H and O–H groups in total. The van der Waals surface area contributed by atoms with Gasteiger partial charge in [-0.25, -0.2) is 0 Å². The van der Waals surface area contributed by atoms with E-state index in [1.165, 1.54) is 15.9 Å². The minimum atomic E-state index is -6.00. The molecule has 0 nitrogen and oxygen atoms in total. The number of halogens is 4. The summed E-state index contributed by atoms with van der Waals surface area (Å²) in [6, 6.07) is 31.9. The van der Waals surface area contributed by atoms with Gasteiger partial charge in [0.15, 0.2) is 0 Å². The van der Waals surface area contributed by atoms with E-state index >= 15 is 0 Å². The van der Waals surface area contributed by atoms with Crippen molar-refractivity contribution in [3.8, 4) is 0 Å². The first-order valence-corrected chi connectivity index (χ1v) is 17.7. The molecule has 0 aliphatic rings. The van der Waals surface area contributed by atoms with Crippen molar-refractivity contribution in [2.24, 2.45) is 0 Å². The molecule has 37 heavy (non-hydrogen) atoms. The van der Waals surface area contributed by atoms with Crippen molar-refractivity contribution in [1.29, 1.82) is 0 Å². The van der Waals surface area contributed by atoms with Gasteiger partial charge >= 0.3 is 7.25 Å². The molecule has 209 valence electrons. The number of benzene rings is 3. The van der Waals surface area contributed by atoms with Crippen molar-refractivity contribution in [1.82, 2.24) is 0 Å². The Morgan fingerprint density at radius 3 is 0.649 bits per heavy atom. The van der Waals surface area contributed by atoms with Crippen LogP contribution in [0.3, 0.4) is 0 Å². The third kappa shape index (κ3) is 31.0. The van der Waals surface area contributed by atoms with Gasteiger partial charge in [0.05, 0.1) is 0 Å². The molecule has 0 aromatic heterocycles. The fourth-order valence-electron chi connectivity index (χ4n) is 2.18. The molecular weight excluding hydrogens is 708 g/mol. The summed E-state index contributed by atoms with van der Waals surface area (Å²) in [6.07, 6.45) is 0. The second-order valence-electron chi connectivity index (χ2n) is 7.18. The van der Waals surface area contributed by atoms with Crippen LogP contribution in [0.25, 0.3) is 0 Å². The van der Waals surface area contributed by atoms with Crippen LogP contribution >= 0.6 is 23.8 Å². The van der Waals surface area contributed by atoms with Crippen molar-refractivity contribution < 1.29 is 37.4 Å². The van der Waals surface area contributed by atoms with E-state index in [0.29, 0.717) is 0 Å². The van der Waals surface area contributed by atoms with Gasteiger partial charge < -0.3 is 17.3 Å². The molecule has 3 rings (SSSR count). The standard InChI is InChI=1S/3C8H11P.2C2H4.BF4.Ir/c3*1-9(2)8-6-4-3-5-7-8;2*1-2;2-1(3,4)5;/h3*3-7H,1-2H3;2*1-2H2;;/q;;;;;-1;. The van der Waals surface area contributed by atoms with E-state index in [4.69, 9.17) is 0 Å². The average molecular weight is 750 g/mol. The fourth-order valence-corrected chi connectivity index (χ4v) is 4.48. The molecule has 1 radical (unpaired) electrons. The Bertz CT molecular complexity index is 740. The smallest absolute Gasteiger partial charge is 0.418 e. The fraction of sp³-hybridized carbons (Fsp3) is 0.214. The van der Waals surface area contributed by atoms with E-state index in [-0.39, 0.29) is 43.9 Å². The van der Waals surface area contributed by atoms with Crippen molar-refractivity contribution in [3.05, 3.63) is 117 Å². The predicted molar refractivity (Wildman–Crippen MR) is 167 cm³/mol. The van der Waals surface area contributed by atoms with Crippen LogP contribution in [0.4, 0.5) is 17.3 Å². The molecule has 0 atom stereocenters. The van der Waals surface area contributed by atoms with E-state index < -0.39 is 7.25 Å². The summed E-state index contributed by atoms with van der Waals surface area (Å²) in [5.41, 5.74) is 0. The Kier molecular flexibility index (Phi) is 32.4. The van der Waals surface area contributed by atoms with Gasteiger partial charge in [0.2, 0.25) is 0 Å². The molecule has 0 bridgehead atoms. The quantitative estimate of drug-likeness (QED) is 0.109. The Labute approximate surface area is 240 Å². The van der Waals surface area contributed by atoms with Crippen LogP contribution in [0.2, 0.25) is 0 Å². The van der Waals surface area contributed by atoms with Gasteiger partial charge in [-0.3, -0.25) is 0 Å². The van der Waals surface area contributed by atoms with E-state index in [9.17, 15) is 17.3 Å². The molecule has 0 aliphatic heterocycles. The van der Waals surface area contributed by atoms with E-state index in [2.05, 4.69) is 157 Å². The predicted octanol–water partition coefficient (Wildman–Crippen LogP) is 9.06. The molecule has 0 saturated heterocycles. The van der Waals surface area contributed by atoms with Gasteiger partial charge in [-0.05, 0) is 55.9 Å². The first-order chi connectivity index (χ1) is 16.9. The zero-order chi connectivity index (χ0) is 28.6. The zero-order valence-corrected chi connectivity index (χ0v) is 27.8. The monoisotopic (exact) mass is 750 g/mol. The van der Waals surface area contributed by atoms with Crippen LogP contribution < -0.4 is 15.9 Å². The van der Waals surface area contributed by atoms with Gasteiger partial charge in [-0.2, -0.15) is 0 Å². The largest absolute Gasteiger partial charge is 0.673 e. The summed E-state index contributed by atoms with van der Waals surface area (Å²) < 4.78 is 39.0. The van der Waals surface area contributed by atoms with Crippen molar-refractivity contribution in [2.75, 3.05) is 40.0 Å². The number of hydrogen-bond acceptors (Lipinski definition) is 0. The maximum atomic E-state index is 9.75. The Morgan fingerprint density at radius 2 is 0.568 bits per heavy atom. The maximum Gasteiger partial charge on any atom is 0.673 e. The van der Waals surface area contributed by atoms with Crippen molar-refractivity contribution >= 4 is 46.9 Å². The van der Waals surface area contributed by atoms with Gasteiger partial charge in [0.1, 0.15) is 0 Å². The molecule has 0 unspecified atom stereocenters. The molecule has 0 saturated carbocycles. The first kappa shape index (κ1) is 42.9. The van der Waals surface area contributed by atoms with Gasteiger partial charge in [0, 0.05) is 20.1 Å². The third-order valence-corrected chi connectivity index (χ3v) is 7.81. The van der Waals surface area contributed by atoms with E-state index in [1.54, 1.807) is 0 Å².